The summed E-state index contributed by atoms with van der Waals surface area (Å²) >= 11 is 0. The first kappa shape index (κ1) is 28.5. The summed E-state index contributed by atoms with van der Waals surface area (Å²) in [4.78, 5) is 0. The minimum Gasteiger partial charge on any atom is -0.394 e. The molecule has 0 aliphatic carbocycles. The summed E-state index contributed by atoms with van der Waals surface area (Å²) in [6, 6.07) is 0. The lowest BCUT2D eigenvalue weighted by atomic mass is 9.91. The smallest absolute Gasteiger partial charge is 0.104 e. The van der Waals surface area contributed by atoms with Gasteiger partial charge in [0, 0.05) is 0 Å². The first-order chi connectivity index (χ1) is 14.0. The van der Waals surface area contributed by atoms with Crippen LogP contribution in [-0.4, -0.2) is 145 Å². The Morgan fingerprint density at radius 2 is 0.552 bits per heavy atom. The number of ether oxygens (including phenoxy) is 4. The average molecular weight is 432 g/mol. The molecule has 176 valence electrons. The monoisotopic (exact) mass is 432 g/mol. The number of hydrogen-bond donors (Lipinski definition) is 8. The van der Waals surface area contributed by atoms with Crippen molar-refractivity contribution in [3.63, 3.8) is 0 Å². The van der Waals surface area contributed by atoms with Gasteiger partial charge in [0.15, 0.2) is 0 Å². The van der Waals surface area contributed by atoms with E-state index >= 15 is 0 Å². The summed E-state index contributed by atoms with van der Waals surface area (Å²) in [6.45, 7) is -4.43. The van der Waals surface area contributed by atoms with Gasteiger partial charge in [-0.2, -0.15) is 0 Å². The molecule has 0 saturated heterocycles. The van der Waals surface area contributed by atoms with Gasteiger partial charge in [-0.25, -0.2) is 0 Å². The van der Waals surface area contributed by atoms with Gasteiger partial charge in [-0.15, -0.1) is 0 Å². The van der Waals surface area contributed by atoms with Gasteiger partial charge in [0.05, 0.1) is 84.7 Å². The Bertz CT molecular complexity index is 287. The molecule has 0 aromatic rings. The Kier molecular flexibility index (Phi) is 16.9. The minimum absolute atomic E-state index is 0.185. The van der Waals surface area contributed by atoms with Gasteiger partial charge in [0.1, 0.15) is 24.4 Å². The first-order valence-electron chi connectivity index (χ1n) is 9.31. The number of rotatable bonds is 20. The fraction of sp³-hybridized carbons (Fsp3) is 1.00. The van der Waals surface area contributed by atoms with Crippen LogP contribution in [0.15, 0.2) is 0 Å². The molecule has 0 aliphatic rings. The van der Waals surface area contributed by atoms with Crippen molar-refractivity contribution in [2.24, 2.45) is 5.41 Å². The van der Waals surface area contributed by atoms with Crippen LogP contribution in [0.25, 0.3) is 0 Å². The summed E-state index contributed by atoms with van der Waals surface area (Å²) in [7, 11) is 0. The van der Waals surface area contributed by atoms with Gasteiger partial charge < -0.3 is 59.8 Å². The molecule has 0 amide bonds. The van der Waals surface area contributed by atoms with Crippen molar-refractivity contribution < 1.29 is 59.8 Å². The van der Waals surface area contributed by atoms with Crippen molar-refractivity contribution in [2.45, 2.75) is 24.4 Å². The van der Waals surface area contributed by atoms with Crippen LogP contribution in [0.3, 0.4) is 0 Å². The SMILES string of the molecule is OCC(CO)OCC(COC(CO)CO)(COC(CO)CO)COC(CO)CO. The van der Waals surface area contributed by atoms with Crippen molar-refractivity contribution in [3.05, 3.63) is 0 Å². The van der Waals surface area contributed by atoms with Crippen LogP contribution in [0.5, 0.6) is 0 Å². The molecule has 0 atom stereocenters. The number of aliphatic hydroxyl groups excluding tert-OH is 8. The molecular formula is C17H36O12. The fourth-order valence-electron chi connectivity index (χ4n) is 2.08. The normalized spacial score (nSPS) is 12.8. The Balaban J connectivity index is 5.46. The molecule has 0 spiro atoms. The van der Waals surface area contributed by atoms with E-state index in [0.717, 1.165) is 0 Å². The summed E-state index contributed by atoms with van der Waals surface area (Å²) in [5, 5.41) is 73.8. The maximum Gasteiger partial charge on any atom is 0.104 e. The third-order valence-electron chi connectivity index (χ3n) is 4.13. The molecule has 29 heavy (non-hydrogen) atoms. The molecular weight excluding hydrogens is 396 g/mol. The standard InChI is InChI=1S/C17H36O12/c18-1-13(2-19)26-9-17(10-27-14(3-20)4-21,11-28-15(5-22)6-23)12-29-16(7-24)8-25/h13-16,18-25H,1-12H2. The van der Waals surface area contributed by atoms with E-state index in [-0.39, 0.29) is 26.4 Å². The van der Waals surface area contributed by atoms with Gasteiger partial charge in [-0.3, -0.25) is 0 Å². The zero-order valence-electron chi connectivity index (χ0n) is 16.5. The highest BCUT2D eigenvalue weighted by Gasteiger charge is 2.36. The Hall–Kier alpha value is -0.480. The van der Waals surface area contributed by atoms with Crippen molar-refractivity contribution in [2.75, 3.05) is 79.3 Å². The Labute approximate surface area is 169 Å². The largest absolute Gasteiger partial charge is 0.394 e. The molecule has 0 unspecified atom stereocenters. The average Bonchev–Trinajstić information content (AvgIpc) is 2.76. The van der Waals surface area contributed by atoms with Crippen LogP contribution < -0.4 is 0 Å². The predicted molar refractivity (Wildman–Crippen MR) is 98.1 cm³/mol. The summed E-state index contributed by atoms with van der Waals surface area (Å²) in [6.07, 6.45) is -3.62. The zero-order chi connectivity index (χ0) is 22.1. The van der Waals surface area contributed by atoms with Gasteiger partial charge in [0.25, 0.3) is 0 Å². The molecule has 0 radical (unpaired) electrons. The summed E-state index contributed by atoms with van der Waals surface area (Å²) in [5.41, 5.74) is -1.16. The van der Waals surface area contributed by atoms with Crippen molar-refractivity contribution in [1.29, 1.82) is 0 Å². The van der Waals surface area contributed by atoms with Crippen molar-refractivity contribution in [3.8, 4) is 0 Å². The van der Waals surface area contributed by atoms with Crippen LogP contribution in [0.2, 0.25) is 0 Å². The van der Waals surface area contributed by atoms with E-state index in [2.05, 4.69) is 0 Å². The molecule has 0 aromatic carbocycles. The molecule has 0 aromatic heterocycles. The van der Waals surface area contributed by atoms with E-state index in [4.69, 9.17) is 18.9 Å². The van der Waals surface area contributed by atoms with Gasteiger partial charge in [-0.05, 0) is 0 Å². The van der Waals surface area contributed by atoms with E-state index in [9.17, 15) is 40.9 Å². The third kappa shape index (κ3) is 11.5. The summed E-state index contributed by atoms with van der Waals surface area (Å²) in [5.74, 6) is 0. The fourth-order valence-corrected chi connectivity index (χ4v) is 2.08. The molecule has 12 heteroatoms. The van der Waals surface area contributed by atoms with Gasteiger partial charge in [0.2, 0.25) is 0 Å². The zero-order valence-corrected chi connectivity index (χ0v) is 16.5. The maximum atomic E-state index is 9.23. The van der Waals surface area contributed by atoms with E-state index in [0.29, 0.717) is 0 Å². The molecule has 0 aliphatic heterocycles. The lowest BCUT2D eigenvalue weighted by Crippen LogP contribution is -2.47. The third-order valence-corrected chi connectivity index (χ3v) is 4.13. The van der Waals surface area contributed by atoms with Crippen LogP contribution in [0.1, 0.15) is 0 Å². The Morgan fingerprint density at radius 1 is 0.379 bits per heavy atom. The highest BCUT2D eigenvalue weighted by atomic mass is 16.6. The second-order valence-electron chi connectivity index (χ2n) is 6.69. The topological polar surface area (TPSA) is 199 Å². The second kappa shape index (κ2) is 17.2. The highest BCUT2D eigenvalue weighted by molar-refractivity contribution is 4.82. The lowest BCUT2D eigenvalue weighted by molar-refractivity contribution is -0.171. The quantitative estimate of drug-likeness (QED) is 0.0918. The lowest BCUT2D eigenvalue weighted by Gasteiger charge is -2.36. The molecule has 0 fully saturated rings. The maximum absolute atomic E-state index is 9.23. The Morgan fingerprint density at radius 3 is 0.690 bits per heavy atom. The highest BCUT2D eigenvalue weighted by Crippen LogP contribution is 2.23. The van der Waals surface area contributed by atoms with Crippen molar-refractivity contribution >= 4 is 0 Å². The molecule has 8 N–H and O–H groups in total. The van der Waals surface area contributed by atoms with E-state index in [1.54, 1.807) is 0 Å². The second-order valence-corrected chi connectivity index (χ2v) is 6.69. The van der Waals surface area contributed by atoms with Gasteiger partial charge >= 0.3 is 0 Å². The van der Waals surface area contributed by atoms with Crippen LogP contribution in [-0.2, 0) is 18.9 Å². The molecule has 12 nitrogen and oxygen atoms in total. The van der Waals surface area contributed by atoms with Gasteiger partial charge in [-0.1, -0.05) is 0 Å². The minimum atomic E-state index is -1.16. The first-order valence-corrected chi connectivity index (χ1v) is 9.31. The summed E-state index contributed by atoms with van der Waals surface area (Å²) < 4.78 is 22.0. The molecule has 0 rings (SSSR count). The van der Waals surface area contributed by atoms with Crippen molar-refractivity contribution in [1.82, 2.24) is 0 Å². The van der Waals surface area contributed by atoms with E-state index < -0.39 is 82.7 Å². The molecule has 0 heterocycles. The predicted octanol–water partition coefficient (Wildman–Crippen LogP) is -4.55. The molecule has 0 saturated carbocycles. The van der Waals surface area contributed by atoms with Crippen LogP contribution in [0.4, 0.5) is 0 Å². The molecule has 0 bridgehead atoms. The number of hydrogen-bond acceptors (Lipinski definition) is 12. The van der Waals surface area contributed by atoms with E-state index in [1.807, 2.05) is 0 Å². The van der Waals surface area contributed by atoms with E-state index in [1.165, 1.54) is 0 Å². The van der Waals surface area contributed by atoms with Crippen LogP contribution >= 0.6 is 0 Å². The van der Waals surface area contributed by atoms with Crippen LogP contribution in [0, 0.1) is 5.41 Å². The number of aliphatic hydroxyl groups is 8.